The molecule has 0 radical (unpaired) electrons. The van der Waals surface area contributed by atoms with Crippen molar-refractivity contribution in [2.24, 2.45) is 5.92 Å². The topological polar surface area (TPSA) is 59.1 Å². The number of hydrogen-bond donors (Lipinski definition) is 1. The maximum atomic E-state index is 12.3. The van der Waals surface area contributed by atoms with Crippen LogP contribution in [0.4, 0.5) is 0 Å². The zero-order valence-corrected chi connectivity index (χ0v) is 14.0. The Bertz CT molecular complexity index is 540. The normalized spacial score (nSPS) is 26.7. The van der Waals surface area contributed by atoms with Gasteiger partial charge in [0.15, 0.2) is 0 Å². The zero-order valence-electron chi connectivity index (χ0n) is 12.4. The molecule has 1 saturated carbocycles. The molecule has 4 nitrogen and oxygen atoms in total. The summed E-state index contributed by atoms with van der Waals surface area (Å²) in [6.45, 7) is 2.20. The van der Waals surface area contributed by atoms with E-state index in [1.165, 1.54) is 0 Å². The number of alkyl halides is 1. The number of aryl methyl sites for hydroxylation is 1. The van der Waals surface area contributed by atoms with Gasteiger partial charge in [-0.1, -0.05) is 6.92 Å². The predicted octanol–water partition coefficient (Wildman–Crippen LogP) is 2.73. The number of nitrogens with one attached hydrogen (secondary N) is 1. The maximum absolute atomic E-state index is 12.3. The summed E-state index contributed by atoms with van der Waals surface area (Å²) in [5.41, 5.74) is 0.526. The highest BCUT2D eigenvalue weighted by atomic mass is 35.5. The van der Waals surface area contributed by atoms with E-state index in [-0.39, 0.29) is 5.75 Å². The molecular weight excluding hydrogens is 308 g/mol. The van der Waals surface area contributed by atoms with Crippen molar-refractivity contribution in [1.29, 1.82) is 0 Å². The number of hydrogen-bond acceptors (Lipinski definition) is 3. The van der Waals surface area contributed by atoms with Crippen LogP contribution in [0.5, 0.6) is 0 Å². The molecule has 2 rings (SSSR count). The molecule has 1 aliphatic carbocycles. The van der Waals surface area contributed by atoms with Gasteiger partial charge in [-0.2, -0.15) is 0 Å². The average molecular weight is 331 g/mol. The van der Waals surface area contributed by atoms with Crippen LogP contribution in [0.25, 0.3) is 0 Å². The van der Waals surface area contributed by atoms with Gasteiger partial charge in [-0.3, -0.25) is 4.98 Å². The van der Waals surface area contributed by atoms with Crippen molar-refractivity contribution >= 4 is 21.6 Å². The Labute approximate surface area is 132 Å². The van der Waals surface area contributed by atoms with Gasteiger partial charge in [0.2, 0.25) is 10.0 Å². The Hall–Kier alpha value is -0.650. The summed E-state index contributed by atoms with van der Waals surface area (Å²) >= 11 is 6.07. The van der Waals surface area contributed by atoms with Gasteiger partial charge < -0.3 is 0 Å². The van der Waals surface area contributed by atoms with Gasteiger partial charge >= 0.3 is 0 Å². The maximum Gasteiger partial charge on any atom is 0.212 e. The second-order valence-electron chi connectivity index (χ2n) is 6.12. The molecule has 1 aromatic rings. The molecule has 0 aliphatic heterocycles. The minimum absolute atomic E-state index is 0.0885. The molecule has 0 unspecified atom stereocenters. The van der Waals surface area contributed by atoms with Crippen molar-refractivity contribution < 1.29 is 8.42 Å². The molecule has 0 bridgehead atoms. The molecule has 0 spiro atoms. The first-order chi connectivity index (χ1) is 9.95. The zero-order chi connectivity index (χ0) is 15.3. The first kappa shape index (κ1) is 16.7. The Morgan fingerprint density at radius 1 is 1.33 bits per heavy atom. The fraction of sp³-hybridized carbons (Fsp3) is 0.667. The van der Waals surface area contributed by atoms with E-state index in [1.54, 1.807) is 12.4 Å². The SMILES string of the molecule is CC1CCC(CCl)(NS(=O)(=O)CCc2ccncc2)CC1. The monoisotopic (exact) mass is 330 g/mol. The van der Waals surface area contributed by atoms with Gasteiger partial charge in [0.1, 0.15) is 0 Å². The summed E-state index contributed by atoms with van der Waals surface area (Å²) in [6, 6.07) is 3.68. The highest BCUT2D eigenvalue weighted by molar-refractivity contribution is 7.89. The highest BCUT2D eigenvalue weighted by Gasteiger charge is 2.36. The van der Waals surface area contributed by atoms with Crippen LogP contribution >= 0.6 is 11.6 Å². The Kier molecular flexibility index (Phi) is 5.63. The molecule has 1 N–H and O–H groups in total. The Morgan fingerprint density at radius 2 is 1.95 bits per heavy atom. The van der Waals surface area contributed by atoms with Gasteiger partial charge in [-0.05, 0) is 55.7 Å². The summed E-state index contributed by atoms with van der Waals surface area (Å²) in [5.74, 6) is 1.09. The van der Waals surface area contributed by atoms with Crippen molar-refractivity contribution in [3.8, 4) is 0 Å². The van der Waals surface area contributed by atoms with Crippen LogP contribution in [0.3, 0.4) is 0 Å². The Morgan fingerprint density at radius 3 is 2.52 bits per heavy atom. The van der Waals surface area contributed by atoms with Gasteiger partial charge in [0.25, 0.3) is 0 Å². The van der Waals surface area contributed by atoms with Crippen LogP contribution in [0.2, 0.25) is 0 Å². The third kappa shape index (κ3) is 4.94. The second-order valence-corrected chi connectivity index (χ2v) is 8.23. The van der Waals surface area contributed by atoms with E-state index < -0.39 is 15.6 Å². The lowest BCUT2D eigenvalue weighted by atomic mass is 9.79. The molecule has 0 atom stereocenters. The summed E-state index contributed by atoms with van der Waals surface area (Å²) in [4.78, 5) is 3.93. The molecule has 1 heterocycles. The molecule has 1 fully saturated rings. The average Bonchev–Trinajstić information content (AvgIpc) is 2.49. The fourth-order valence-electron chi connectivity index (χ4n) is 2.76. The van der Waals surface area contributed by atoms with E-state index >= 15 is 0 Å². The molecule has 21 heavy (non-hydrogen) atoms. The summed E-state index contributed by atoms with van der Waals surface area (Å²) in [7, 11) is -3.32. The van der Waals surface area contributed by atoms with E-state index in [9.17, 15) is 8.42 Å². The van der Waals surface area contributed by atoms with Crippen LogP contribution in [-0.4, -0.2) is 30.6 Å². The van der Waals surface area contributed by atoms with Crippen LogP contribution in [0, 0.1) is 5.92 Å². The van der Waals surface area contributed by atoms with Crippen molar-refractivity contribution in [2.45, 2.75) is 44.6 Å². The van der Waals surface area contributed by atoms with E-state index in [1.807, 2.05) is 12.1 Å². The number of nitrogens with zero attached hydrogens (tertiary/aromatic N) is 1. The van der Waals surface area contributed by atoms with Crippen LogP contribution in [-0.2, 0) is 16.4 Å². The lowest BCUT2D eigenvalue weighted by Gasteiger charge is -2.38. The van der Waals surface area contributed by atoms with Crippen molar-refractivity contribution in [2.75, 3.05) is 11.6 Å². The number of aromatic nitrogens is 1. The number of sulfonamides is 1. The third-order valence-corrected chi connectivity index (χ3v) is 6.27. The largest absolute Gasteiger partial charge is 0.265 e. The van der Waals surface area contributed by atoms with E-state index in [0.29, 0.717) is 18.2 Å². The molecular formula is C15H23ClN2O2S. The molecule has 0 saturated heterocycles. The number of halogens is 1. The summed E-state index contributed by atoms with van der Waals surface area (Å²) < 4.78 is 27.5. The van der Waals surface area contributed by atoms with Crippen molar-refractivity contribution in [1.82, 2.24) is 9.71 Å². The first-order valence-corrected chi connectivity index (χ1v) is 9.60. The lowest BCUT2D eigenvalue weighted by molar-refractivity contribution is 0.247. The van der Waals surface area contributed by atoms with E-state index in [0.717, 1.165) is 31.2 Å². The van der Waals surface area contributed by atoms with Crippen LogP contribution < -0.4 is 4.72 Å². The molecule has 118 valence electrons. The molecule has 1 aromatic heterocycles. The predicted molar refractivity (Wildman–Crippen MR) is 85.9 cm³/mol. The van der Waals surface area contributed by atoms with Crippen molar-refractivity contribution in [3.63, 3.8) is 0 Å². The molecule has 0 aromatic carbocycles. The standard InChI is InChI=1S/C15H23ClN2O2S/c1-13-2-7-15(12-16,8-3-13)18-21(19,20)11-6-14-4-9-17-10-5-14/h4-5,9-10,13,18H,2-3,6-8,11-12H2,1H3. The summed E-state index contributed by atoms with van der Waals surface area (Å²) in [5, 5.41) is 0. The number of rotatable bonds is 6. The smallest absolute Gasteiger partial charge is 0.212 e. The minimum Gasteiger partial charge on any atom is -0.265 e. The number of pyridine rings is 1. The molecule has 0 amide bonds. The van der Waals surface area contributed by atoms with Gasteiger partial charge in [0, 0.05) is 23.8 Å². The third-order valence-electron chi connectivity index (χ3n) is 4.27. The second kappa shape index (κ2) is 7.07. The van der Waals surface area contributed by atoms with Crippen LogP contribution in [0.15, 0.2) is 24.5 Å². The van der Waals surface area contributed by atoms with E-state index in [2.05, 4.69) is 16.6 Å². The van der Waals surface area contributed by atoms with Gasteiger partial charge in [-0.15, -0.1) is 11.6 Å². The fourth-order valence-corrected chi connectivity index (χ4v) is 4.72. The molecule has 1 aliphatic rings. The summed E-state index contributed by atoms with van der Waals surface area (Å²) in [6.07, 6.45) is 7.56. The lowest BCUT2D eigenvalue weighted by Crippen LogP contribution is -2.52. The quantitative estimate of drug-likeness (QED) is 0.816. The first-order valence-electron chi connectivity index (χ1n) is 7.41. The van der Waals surface area contributed by atoms with Gasteiger partial charge in [0.05, 0.1) is 5.75 Å². The van der Waals surface area contributed by atoms with Gasteiger partial charge in [-0.25, -0.2) is 13.1 Å². The Balaban J connectivity index is 1.96. The highest BCUT2D eigenvalue weighted by Crippen LogP contribution is 2.33. The van der Waals surface area contributed by atoms with Crippen molar-refractivity contribution in [3.05, 3.63) is 30.1 Å². The minimum atomic E-state index is -3.32. The van der Waals surface area contributed by atoms with E-state index in [4.69, 9.17) is 11.6 Å². The van der Waals surface area contributed by atoms with Crippen LogP contribution in [0.1, 0.15) is 38.2 Å². The molecule has 6 heteroatoms.